The summed E-state index contributed by atoms with van der Waals surface area (Å²) in [5, 5.41) is 0. The van der Waals surface area contributed by atoms with Crippen molar-refractivity contribution in [3.63, 3.8) is 0 Å². The van der Waals surface area contributed by atoms with Gasteiger partial charge < -0.3 is 0 Å². The largest absolute Gasteiger partial charge is 0.284 e. The molecule has 0 unspecified atom stereocenters. The van der Waals surface area contributed by atoms with Crippen molar-refractivity contribution in [1.29, 1.82) is 0 Å². The number of rotatable bonds is 1. The van der Waals surface area contributed by atoms with Crippen LogP contribution in [0.4, 0.5) is 0 Å². The minimum absolute atomic E-state index is 0.157. The molecule has 0 heterocycles. The average Bonchev–Trinajstić information content (AvgIpc) is 2.37. The van der Waals surface area contributed by atoms with Crippen molar-refractivity contribution in [1.82, 2.24) is 0 Å². The highest BCUT2D eigenvalue weighted by atomic mass is 16.1. The molecule has 1 aliphatic carbocycles. The predicted octanol–water partition coefficient (Wildman–Crippen LogP) is 0.931. The third-order valence-corrected chi connectivity index (χ3v) is 1.19. The van der Waals surface area contributed by atoms with Crippen LogP contribution in [0.25, 0.3) is 0 Å². The van der Waals surface area contributed by atoms with E-state index in [1.54, 1.807) is 12.2 Å². The van der Waals surface area contributed by atoms with E-state index in [-0.39, 0.29) is 11.7 Å². The van der Waals surface area contributed by atoms with Crippen LogP contribution in [0.15, 0.2) is 24.3 Å². The Hall–Kier alpha value is -1.29. The Morgan fingerprint density at radius 2 is 2.00 bits per heavy atom. The van der Waals surface area contributed by atoms with E-state index >= 15 is 0 Å². The van der Waals surface area contributed by atoms with Crippen LogP contribution in [-0.4, -0.2) is 5.78 Å². The van der Waals surface area contributed by atoms with Gasteiger partial charge >= 0.3 is 0 Å². The van der Waals surface area contributed by atoms with E-state index in [4.69, 9.17) is 6.42 Å². The van der Waals surface area contributed by atoms with Crippen LogP contribution in [0.1, 0.15) is 0 Å². The number of hydrogen-bond acceptors (Lipinski definition) is 1. The Bertz CT molecular complexity index is 203. The zero-order valence-corrected chi connectivity index (χ0v) is 4.87. The minimum atomic E-state index is -0.167. The predicted molar refractivity (Wildman–Crippen MR) is 35.6 cm³/mol. The molecule has 9 heavy (non-hydrogen) atoms. The molecule has 0 aliphatic heterocycles. The zero-order valence-electron chi connectivity index (χ0n) is 4.87. The molecule has 1 nitrogen and oxygen atoms in total. The first-order chi connectivity index (χ1) is 4.34. The first-order valence-electron chi connectivity index (χ1n) is 2.70. The molecule has 0 amide bonds. The van der Waals surface area contributed by atoms with Crippen LogP contribution in [0.2, 0.25) is 0 Å². The van der Waals surface area contributed by atoms with Crippen molar-refractivity contribution in [2.75, 3.05) is 0 Å². The molecule has 0 aromatic carbocycles. The highest BCUT2D eigenvalue weighted by Gasteiger charge is 2.09. The number of Topliss-reactive ketones (excluding diaryl/α,β-unsaturated/α-hetero) is 1. The Morgan fingerprint density at radius 3 is 2.44 bits per heavy atom. The summed E-state index contributed by atoms with van der Waals surface area (Å²) in [4.78, 5) is 10.7. The normalized spacial score (nSPS) is 15.9. The van der Waals surface area contributed by atoms with Crippen LogP contribution in [-0.2, 0) is 4.79 Å². The number of ketones is 1. The standard InChI is InChI=1S/C8H6O/c1-2-8(9)7-5-3-4-6-7/h1,3-7H. The van der Waals surface area contributed by atoms with Gasteiger partial charge in [0.05, 0.1) is 5.92 Å². The maximum atomic E-state index is 10.7. The maximum absolute atomic E-state index is 10.7. The molecule has 0 aromatic heterocycles. The van der Waals surface area contributed by atoms with Crippen LogP contribution < -0.4 is 0 Å². The summed E-state index contributed by atoms with van der Waals surface area (Å²) in [6.07, 6.45) is 12.1. The molecule has 1 heteroatoms. The Morgan fingerprint density at radius 1 is 1.44 bits per heavy atom. The van der Waals surface area contributed by atoms with E-state index < -0.39 is 0 Å². The molecule has 0 fully saturated rings. The Labute approximate surface area is 54.1 Å². The monoisotopic (exact) mass is 118 g/mol. The molecule has 0 N–H and O–H groups in total. The average molecular weight is 118 g/mol. The van der Waals surface area contributed by atoms with Crippen molar-refractivity contribution >= 4 is 5.78 Å². The summed E-state index contributed by atoms with van der Waals surface area (Å²) in [5.74, 6) is 1.74. The van der Waals surface area contributed by atoms with Crippen LogP contribution in [0.3, 0.4) is 0 Å². The number of terminal acetylenes is 1. The second-order valence-electron chi connectivity index (χ2n) is 1.80. The smallest absolute Gasteiger partial charge is 0.215 e. The molecule has 0 aromatic rings. The fourth-order valence-corrected chi connectivity index (χ4v) is 0.703. The fourth-order valence-electron chi connectivity index (χ4n) is 0.703. The van der Waals surface area contributed by atoms with E-state index in [2.05, 4.69) is 5.92 Å². The molecule has 0 spiro atoms. The van der Waals surface area contributed by atoms with Crippen LogP contribution in [0.5, 0.6) is 0 Å². The first-order valence-corrected chi connectivity index (χ1v) is 2.70. The molecule has 0 saturated carbocycles. The molecule has 1 aliphatic rings. The molecular formula is C8H6O. The van der Waals surface area contributed by atoms with E-state index in [1.165, 1.54) is 0 Å². The third kappa shape index (κ3) is 1.09. The number of allylic oxidation sites excluding steroid dienone is 4. The zero-order chi connectivity index (χ0) is 6.69. The van der Waals surface area contributed by atoms with Crippen LogP contribution >= 0.6 is 0 Å². The third-order valence-electron chi connectivity index (χ3n) is 1.19. The number of carbonyl (C=O) groups excluding carboxylic acids is 1. The topological polar surface area (TPSA) is 17.1 Å². The highest BCUT2D eigenvalue weighted by Crippen LogP contribution is 2.08. The van der Waals surface area contributed by atoms with Gasteiger partial charge in [0, 0.05) is 0 Å². The molecule has 0 saturated heterocycles. The van der Waals surface area contributed by atoms with E-state index in [0.717, 1.165) is 0 Å². The van der Waals surface area contributed by atoms with Gasteiger partial charge in [-0.2, -0.15) is 0 Å². The summed E-state index contributed by atoms with van der Waals surface area (Å²) in [6.45, 7) is 0. The molecule has 0 radical (unpaired) electrons. The van der Waals surface area contributed by atoms with Gasteiger partial charge in [0.2, 0.25) is 5.78 Å². The quantitative estimate of drug-likeness (QED) is 0.370. The summed E-state index contributed by atoms with van der Waals surface area (Å²) >= 11 is 0. The van der Waals surface area contributed by atoms with Gasteiger partial charge in [-0.1, -0.05) is 24.3 Å². The van der Waals surface area contributed by atoms with Gasteiger partial charge in [-0.25, -0.2) is 0 Å². The first kappa shape index (κ1) is 5.84. The van der Waals surface area contributed by atoms with Gasteiger partial charge in [-0.15, -0.1) is 6.42 Å². The van der Waals surface area contributed by atoms with Crippen LogP contribution in [0, 0.1) is 18.3 Å². The minimum Gasteiger partial charge on any atom is -0.284 e. The van der Waals surface area contributed by atoms with E-state index in [9.17, 15) is 4.79 Å². The Kier molecular flexibility index (Phi) is 1.51. The van der Waals surface area contributed by atoms with Gasteiger partial charge in [0.15, 0.2) is 0 Å². The summed E-state index contributed by atoms with van der Waals surface area (Å²) < 4.78 is 0. The lowest BCUT2D eigenvalue weighted by Crippen LogP contribution is -2.03. The molecule has 0 bridgehead atoms. The molecule has 0 atom stereocenters. The van der Waals surface area contributed by atoms with E-state index in [0.29, 0.717) is 0 Å². The van der Waals surface area contributed by atoms with Crippen molar-refractivity contribution in [2.24, 2.45) is 5.92 Å². The number of carbonyl (C=O) groups is 1. The van der Waals surface area contributed by atoms with Gasteiger partial charge in [0.1, 0.15) is 0 Å². The van der Waals surface area contributed by atoms with E-state index in [1.807, 2.05) is 12.2 Å². The maximum Gasteiger partial charge on any atom is 0.215 e. The van der Waals surface area contributed by atoms with Gasteiger partial charge in [-0.3, -0.25) is 4.79 Å². The lowest BCUT2D eigenvalue weighted by atomic mass is 10.1. The van der Waals surface area contributed by atoms with Gasteiger partial charge in [-0.05, 0) is 5.92 Å². The summed E-state index contributed by atoms with van der Waals surface area (Å²) in [5.41, 5.74) is 0. The molecule has 1 rings (SSSR count). The Balaban J connectivity index is 2.67. The van der Waals surface area contributed by atoms with Crippen molar-refractivity contribution < 1.29 is 4.79 Å². The fraction of sp³-hybridized carbons (Fsp3) is 0.125. The molecular weight excluding hydrogens is 112 g/mol. The lowest BCUT2D eigenvalue weighted by Gasteiger charge is -1.92. The second-order valence-corrected chi connectivity index (χ2v) is 1.80. The van der Waals surface area contributed by atoms with Crippen molar-refractivity contribution in [3.05, 3.63) is 24.3 Å². The van der Waals surface area contributed by atoms with Crippen molar-refractivity contribution in [2.45, 2.75) is 0 Å². The second kappa shape index (κ2) is 2.32. The van der Waals surface area contributed by atoms with Gasteiger partial charge in [0.25, 0.3) is 0 Å². The van der Waals surface area contributed by atoms with Crippen molar-refractivity contribution in [3.8, 4) is 12.3 Å². The number of hydrogen-bond donors (Lipinski definition) is 0. The molecule has 44 valence electrons. The highest BCUT2D eigenvalue weighted by molar-refractivity contribution is 5.99. The summed E-state index contributed by atoms with van der Waals surface area (Å²) in [7, 11) is 0. The SMILES string of the molecule is C#CC(=O)C1C=CC=C1. The lowest BCUT2D eigenvalue weighted by molar-refractivity contribution is -0.114. The summed E-state index contributed by atoms with van der Waals surface area (Å²) in [6, 6.07) is 0.